The van der Waals surface area contributed by atoms with Crippen LogP contribution in [0.5, 0.6) is 0 Å². The Morgan fingerprint density at radius 3 is 2.73 bits per heavy atom. The highest BCUT2D eigenvalue weighted by Crippen LogP contribution is 2.34. The molecule has 1 aromatic heterocycles. The van der Waals surface area contributed by atoms with E-state index in [0.29, 0.717) is 21.9 Å². The molecular formula is C21H21Cl2N3. The maximum Gasteiger partial charge on any atom is 0.163 e. The van der Waals surface area contributed by atoms with E-state index >= 15 is 0 Å². The average Bonchev–Trinajstić information content (AvgIpc) is 2.67. The largest absolute Gasteiger partial charge is 0.353 e. The van der Waals surface area contributed by atoms with Crippen molar-refractivity contribution in [1.82, 2.24) is 9.97 Å². The van der Waals surface area contributed by atoms with Gasteiger partial charge in [0.15, 0.2) is 5.82 Å². The van der Waals surface area contributed by atoms with Crippen LogP contribution in [-0.2, 0) is 0 Å². The van der Waals surface area contributed by atoms with Crippen LogP contribution in [0.3, 0.4) is 0 Å². The minimum absolute atomic E-state index is 0.524. The van der Waals surface area contributed by atoms with Gasteiger partial charge in [-0.15, -0.1) is 0 Å². The van der Waals surface area contributed by atoms with Gasteiger partial charge in [-0.3, -0.25) is 0 Å². The van der Waals surface area contributed by atoms with Crippen LogP contribution < -0.4 is 4.90 Å². The number of benzene rings is 2. The lowest BCUT2D eigenvalue weighted by atomic mass is 9.99. The Balaban J connectivity index is 1.91. The summed E-state index contributed by atoms with van der Waals surface area (Å²) in [5, 5.41) is 2.29. The van der Waals surface area contributed by atoms with E-state index < -0.39 is 0 Å². The van der Waals surface area contributed by atoms with Crippen molar-refractivity contribution < 1.29 is 0 Å². The molecule has 1 aliphatic rings. The van der Waals surface area contributed by atoms with Crippen molar-refractivity contribution in [1.29, 1.82) is 0 Å². The summed E-state index contributed by atoms with van der Waals surface area (Å²) in [4.78, 5) is 12.2. The van der Waals surface area contributed by atoms with E-state index in [1.807, 2.05) is 24.3 Å². The Morgan fingerprint density at radius 1 is 1.08 bits per heavy atom. The summed E-state index contributed by atoms with van der Waals surface area (Å²) in [6, 6.07) is 14.2. The van der Waals surface area contributed by atoms with Crippen molar-refractivity contribution in [3.8, 4) is 11.4 Å². The number of nitrogens with zero attached hydrogens (tertiary/aromatic N) is 3. The third kappa shape index (κ3) is 3.26. The lowest BCUT2D eigenvalue weighted by molar-refractivity contribution is 0.448. The Bertz CT molecular complexity index is 942. The van der Waals surface area contributed by atoms with Crippen molar-refractivity contribution in [3.05, 3.63) is 52.5 Å². The second-order valence-electron chi connectivity index (χ2n) is 6.76. The number of fused-ring (bicyclic) bond motifs is 1. The van der Waals surface area contributed by atoms with E-state index in [1.165, 1.54) is 19.3 Å². The number of aromatic nitrogens is 2. The molecule has 0 aliphatic carbocycles. The normalized spacial score (nSPS) is 17.7. The summed E-state index contributed by atoms with van der Waals surface area (Å²) in [6.07, 6.45) is 4.82. The molecule has 2 aromatic carbocycles. The van der Waals surface area contributed by atoms with Gasteiger partial charge >= 0.3 is 0 Å². The fraction of sp³-hybridized carbons (Fsp3) is 0.333. The summed E-state index contributed by atoms with van der Waals surface area (Å²) in [5.74, 6) is 1.67. The first-order valence-corrected chi connectivity index (χ1v) is 9.92. The fourth-order valence-corrected chi connectivity index (χ4v) is 4.27. The minimum Gasteiger partial charge on any atom is -0.353 e. The molecule has 4 rings (SSSR count). The second-order valence-corrected chi connectivity index (χ2v) is 7.61. The number of hydrogen-bond acceptors (Lipinski definition) is 3. The molecule has 0 spiro atoms. The molecule has 0 radical (unpaired) electrons. The van der Waals surface area contributed by atoms with Gasteiger partial charge < -0.3 is 4.90 Å². The lowest BCUT2D eigenvalue weighted by Gasteiger charge is -2.37. The van der Waals surface area contributed by atoms with Gasteiger partial charge in [0.1, 0.15) is 5.82 Å². The van der Waals surface area contributed by atoms with Crippen LogP contribution >= 0.6 is 23.2 Å². The first-order chi connectivity index (χ1) is 12.7. The molecule has 1 aliphatic heterocycles. The lowest BCUT2D eigenvalue weighted by Crippen LogP contribution is -2.39. The molecule has 2 heterocycles. The zero-order chi connectivity index (χ0) is 18.1. The van der Waals surface area contributed by atoms with E-state index in [9.17, 15) is 0 Å². The molecule has 134 valence electrons. The molecule has 26 heavy (non-hydrogen) atoms. The van der Waals surface area contributed by atoms with Crippen LogP contribution in [0, 0.1) is 0 Å². The van der Waals surface area contributed by atoms with Crippen LogP contribution in [0.4, 0.5) is 5.82 Å². The van der Waals surface area contributed by atoms with Gasteiger partial charge in [-0.2, -0.15) is 0 Å². The van der Waals surface area contributed by atoms with E-state index in [0.717, 1.165) is 35.2 Å². The molecule has 3 aromatic rings. The van der Waals surface area contributed by atoms with Crippen LogP contribution in [0.2, 0.25) is 10.0 Å². The maximum atomic E-state index is 6.43. The molecule has 5 heteroatoms. The maximum absolute atomic E-state index is 6.43. The first kappa shape index (κ1) is 17.6. The van der Waals surface area contributed by atoms with Gasteiger partial charge in [-0.05, 0) is 56.0 Å². The third-order valence-corrected chi connectivity index (χ3v) is 5.67. The second kappa shape index (κ2) is 7.42. The van der Waals surface area contributed by atoms with E-state index in [1.54, 1.807) is 6.07 Å². The van der Waals surface area contributed by atoms with Crippen molar-refractivity contribution in [2.45, 2.75) is 38.6 Å². The smallest absolute Gasteiger partial charge is 0.163 e. The molecule has 1 fully saturated rings. The third-order valence-electron chi connectivity index (χ3n) is 5.13. The van der Waals surface area contributed by atoms with Crippen molar-refractivity contribution >= 4 is 39.9 Å². The number of rotatable bonds is 3. The van der Waals surface area contributed by atoms with Gasteiger partial charge in [-0.25, -0.2) is 9.97 Å². The minimum atomic E-state index is 0.524. The monoisotopic (exact) mass is 385 g/mol. The van der Waals surface area contributed by atoms with Crippen molar-refractivity contribution in [2.75, 3.05) is 11.4 Å². The summed E-state index contributed by atoms with van der Waals surface area (Å²) >= 11 is 12.5. The molecular weight excluding hydrogens is 365 g/mol. The zero-order valence-corrected chi connectivity index (χ0v) is 16.3. The average molecular weight is 386 g/mol. The fourth-order valence-electron chi connectivity index (χ4n) is 3.77. The highest BCUT2D eigenvalue weighted by molar-refractivity contribution is 6.36. The van der Waals surface area contributed by atoms with Gasteiger partial charge in [0.05, 0.1) is 10.5 Å². The topological polar surface area (TPSA) is 29.0 Å². The molecule has 1 atom stereocenters. The van der Waals surface area contributed by atoms with Crippen molar-refractivity contribution in [3.63, 3.8) is 0 Å². The van der Waals surface area contributed by atoms with Crippen LogP contribution in [0.1, 0.15) is 32.6 Å². The standard InChI is InChI=1S/C21H21Cl2N3/c1-2-15-7-5-6-12-26(15)21-17-8-3-4-9-19(17)24-20(25-21)16-11-10-14(22)13-18(16)23/h3-4,8-11,13,15H,2,5-7,12H2,1H3/t15-/m0/s1. The molecule has 0 amide bonds. The van der Waals surface area contributed by atoms with Gasteiger partial charge in [-0.1, -0.05) is 42.3 Å². The van der Waals surface area contributed by atoms with Gasteiger partial charge in [0, 0.05) is 28.6 Å². The Hall–Kier alpha value is -1.84. The number of hydrogen-bond donors (Lipinski definition) is 0. The number of anilines is 1. The summed E-state index contributed by atoms with van der Waals surface area (Å²) in [6.45, 7) is 3.29. The number of piperidine rings is 1. The predicted molar refractivity (Wildman–Crippen MR) is 110 cm³/mol. The quantitative estimate of drug-likeness (QED) is 0.524. The molecule has 1 saturated heterocycles. The SMILES string of the molecule is CC[C@H]1CCCCN1c1nc(-c2ccc(Cl)cc2Cl)nc2ccccc12. The number of para-hydroxylation sites is 1. The Kier molecular flexibility index (Phi) is 5.01. The molecule has 0 N–H and O–H groups in total. The Morgan fingerprint density at radius 2 is 1.92 bits per heavy atom. The van der Waals surface area contributed by atoms with E-state index in [2.05, 4.69) is 24.0 Å². The summed E-state index contributed by atoms with van der Waals surface area (Å²) in [5.41, 5.74) is 1.76. The van der Waals surface area contributed by atoms with Crippen LogP contribution in [-0.4, -0.2) is 22.6 Å². The highest BCUT2D eigenvalue weighted by Gasteiger charge is 2.25. The van der Waals surface area contributed by atoms with E-state index in [-0.39, 0.29) is 0 Å². The Labute approximate surface area is 164 Å². The van der Waals surface area contributed by atoms with Crippen LogP contribution in [0.15, 0.2) is 42.5 Å². The van der Waals surface area contributed by atoms with Gasteiger partial charge in [0.2, 0.25) is 0 Å². The molecule has 0 bridgehead atoms. The molecule has 0 unspecified atom stereocenters. The molecule has 3 nitrogen and oxygen atoms in total. The highest BCUT2D eigenvalue weighted by atomic mass is 35.5. The van der Waals surface area contributed by atoms with E-state index in [4.69, 9.17) is 33.2 Å². The summed E-state index contributed by atoms with van der Waals surface area (Å²) < 4.78 is 0. The van der Waals surface area contributed by atoms with Gasteiger partial charge in [0.25, 0.3) is 0 Å². The summed E-state index contributed by atoms with van der Waals surface area (Å²) in [7, 11) is 0. The zero-order valence-electron chi connectivity index (χ0n) is 14.8. The first-order valence-electron chi connectivity index (χ1n) is 9.16. The predicted octanol–water partition coefficient (Wildman–Crippen LogP) is 6.37. The van der Waals surface area contributed by atoms with Crippen molar-refractivity contribution in [2.24, 2.45) is 0 Å². The number of halogens is 2. The molecule has 0 saturated carbocycles. The van der Waals surface area contributed by atoms with Crippen LogP contribution in [0.25, 0.3) is 22.3 Å².